The van der Waals surface area contributed by atoms with Crippen LogP contribution in [0.1, 0.15) is 26.3 Å². The second kappa shape index (κ2) is 7.77. The first kappa shape index (κ1) is 19.1. The molecular weight excluding hydrogens is 334 g/mol. The van der Waals surface area contributed by atoms with Gasteiger partial charge >= 0.3 is 0 Å². The van der Waals surface area contributed by atoms with Gasteiger partial charge in [0, 0.05) is 28.9 Å². The molecule has 0 spiro atoms. The van der Waals surface area contributed by atoms with Crippen LogP contribution in [0.25, 0.3) is 0 Å². The van der Waals surface area contributed by atoms with Gasteiger partial charge in [0.15, 0.2) is 0 Å². The third-order valence-electron chi connectivity index (χ3n) is 3.60. The van der Waals surface area contributed by atoms with Crippen molar-refractivity contribution < 1.29 is 14.5 Å². The van der Waals surface area contributed by atoms with E-state index in [2.05, 4.69) is 10.6 Å². The van der Waals surface area contributed by atoms with E-state index in [1.807, 2.05) is 20.8 Å². The highest BCUT2D eigenvalue weighted by Gasteiger charge is 2.21. The molecule has 7 heteroatoms. The van der Waals surface area contributed by atoms with Crippen molar-refractivity contribution in [2.75, 3.05) is 10.6 Å². The number of benzene rings is 2. The maximum atomic E-state index is 12.2. The number of nitrogens with zero attached hydrogens (tertiary/aromatic N) is 1. The number of nitro groups is 1. The van der Waals surface area contributed by atoms with E-state index in [4.69, 9.17) is 0 Å². The summed E-state index contributed by atoms with van der Waals surface area (Å²) in [5, 5.41) is 16.2. The maximum absolute atomic E-state index is 12.2. The molecule has 2 rings (SSSR count). The molecule has 0 bridgehead atoms. The predicted molar refractivity (Wildman–Crippen MR) is 100.0 cm³/mol. The number of carbonyl (C=O) groups is 2. The van der Waals surface area contributed by atoms with Gasteiger partial charge in [-0.15, -0.1) is 0 Å². The molecule has 0 aromatic heterocycles. The molecule has 136 valence electrons. The summed E-state index contributed by atoms with van der Waals surface area (Å²) in [7, 11) is 0. The van der Waals surface area contributed by atoms with Crippen molar-refractivity contribution in [3.8, 4) is 0 Å². The Kier molecular flexibility index (Phi) is 5.71. The first-order valence-corrected chi connectivity index (χ1v) is 8.10. The molecule has 0 fully saturated rings. The lowest BCUT2D eigenvalue weighted by molar-refractivity contribution is -0.384. The molecule has 0 unspecified atom stereocenters. The van der Waals surface area contributed by atoms with Crippen LogP contribution in [0.15, 0.2) is 48.5 Å². The number of nitro benzene ring substituents is 1. The molecular formula is C19H21N3O4. The molecule has 2 aromatic carbocycles. The van der Waals surface area contributed by atoms with Crippen LogP contribution in [-0.4, -0.2) is 16.7 Å². The van der Waals surface area contributed by atoms with Crippen LogP contribution in [0.4, 0.5) is 17.1 Å². The Morgan fingerprint density at radius 1 is 1.00 bits per heavy atom. The molecule has 2 aromatic rings. The standard InChI is InChI=1S/C19H21N3O4/c1-19(2,3)18(24)21-15-6-4-5-14(12-15)20-17(23)11-13-7-9-16(10-8-13)22(25)26/h4-10,12H,11H2,1-3H3,(H,20,23)(H,21,24). The van der Waals surface area contributed by atoms with Gasteiger partial charge in [0.1, 0.15) is 0 Å². The molecule has 0 saturated heterocycles. The van der Waals surface area contributed by atoms with Gasteiger partial charge in [-0.25, -0.2) is 0 Å². The quantitative estimate of drug-likeness (QED) is 0.630. The minimum Gasteiger partial charge on any atom is -0.326 e. The first-order valence-electron chi connectivity index (χ1n) is 8.10. The van der Waals surface area contributed by atoms with Crippen molar-refractivity contribution >= 4 is 28.9 Å². The number of hydrogen-bond acceptors (Lipinski definition) is 4. The van der Waals surface area contributed by atoms with E-state index in [0.29, 0.717) is 16.9 Å². The van der Waals surface area contributed by atoms with Gasteiger partial charge < -0.3 is 10.6 Å². The third-order valence-corrected chi connectivity index (χ3v) is 3.60. The van der Waals surface area contributed by atoms with E-state index in [9.17, 15) is 19.7 Å². The first-order chi connectivity index (χ1) is 12.1. The molecule has 0 saturated carbocycles. The average Bonchev–Trinajstić information content (AvgIpc) is 2.54. The highest BCUT2D eigenvalue weighted by atomic mass is 16.6. The SMILES string of the molecule is CC(C)(C)C(=O)Nc1cccc(NC(=O)Cc2ccc([N+](=O)[O-])cc2)c1. The minimum atomic E-state index is -0.519. The Morgan fingerprint density at radius 2 is 1.58 bits per heavy atom. The summed E-state index contributed by atoms with van der Waals surface area (Å²) in [5.74, 6) is -0.370. The summed E-state index contributed by atoms with van der Waals surface area (Å²) < 4.78 is 0. The summed E-state index contributed by atoms with van der Waals surface area (Å²) in [6, 6.07) is 12.7. The summed E-state index contributed by atoms with van der Waals surface area (Å²) >= 11 is 0. The monoisotopic (exact) mass is 355 g/mol. The van der Waals surface area contributed by atoms with Crippen molar-refractivity contribution in [1.29, 1.82) is 0 Å². The van der Waals surface area contributed by atoms with Gasteiger partial charge in [-0.05, 0) is 23.8 Å². The summed E-state index contributed by atoms with van der Waals surface area (Å²) in [5.41, 5.74) is 1.29. The molecule has 0 atom stereocenters. The minimum absolute atomic E-state index is 0.0172. The smallest absolute Gasteiger partial charge is 0.269 e. The highest BCUT2D eigenvalue weighted by Crippen LogP contribution is 2.20. The van der Waals surface area contributed by atoms with E-state index >= 15 is 0 Å². The topological polar surface area (TPSA) is 101 Å². The van der Waals surface area contributed by atoms with Gasteiger partial charge in [-0.1, -0.05) is 39.0 Å². The van der Waals surface area contributed by atoms with Crippen LogP contribution >= 0.6 is 0 Å². The van der Waals surface area contributed by atoms with Crippen molar-refractivity contribution in [2.45, 2.75) is 27.2 Å². The Morgan fingerprint density at radius 3 is 2.12 bits per heavy atom. The molecule has 0 aliphatic heterocycles. The number of non-ortho nitro benzene ring substituents is 1. The van der Waals surface area contributed by atoms with Crippen LogP contribution in [0, 0.1) is 15.5 Å². The molecule has 0 heterocycles. The number of nitrogens with one attached hydrogen (secondary N) is 2. The third kappa shape index (κ3) is 5.41. The fourth-order valence-electron chi connectivity index (χ4n) is 2.12. The number of amides is 2. The van der Waals surface area contributed by atoms with Crippen LogP contribution in [0.5, 0.6) is 0 Å². The number of carbonyl (C=O) groups excluding carboxylic acids is 2. The molecule has 0 radical (unpaired) electrons. The normalized spacial score (nSPS) is 10.9. The van der Waals surface area contributed by atoms with Gasteiger partial charge in [0.05, 0.1) is 11.3 Å². The lowest BCUT2D eigenvalue weighted by Gasteiger charge is -2.18. The van der Waals surface area contributed by atoms with Crippen molar-refractivity contribution in [3.05, 3.63) is 64.2 Å². The van der Waals surface area contributed by atoms with E-state index in [0.717, 1.165) is 0 Å². The molecule has 0 aliphatic rings. The molecule has 2 N–H and O–H groups in total. The van der Waals surface area contributed by atoms with Crippen molar-refractivity contribution in [3.63, 3.8) is 0 Å². The zero-order valence-corrected chi connectivity index (χ0v) is 14.9. The fourth-order valence-corrected chi connectivity index (χ4v) is 2.12. The molecule has 26 heavy (non-hydrogen) atoms. The van der Waals surface area contributed by atoms with Crippen LogP contribution in [0.3, 0.4) is 0 Å². The predicted octanol–water partition coefficient (Wildman–Crippen LogP) is 3.76. The van der Waals surface area contributed by atoms with Gasteiger partial charge in [-0.2, -0.15) is 0 Å². The Hall–Kier alpha value is -3.22. The summed E-state index contributed by atoms with van der Waals surface area (Å²) in [6.07, 6.45) is 0.0938. The van der Waals surface area contributed by atoms with Crippen LogP contribution < -0.4 is 10.6 Å². The Bertz CT molecular complexity index is 823. The van der Waals surface area contributed by atoms with Gasteiger partial charge in [-0.3, -0.25) is 19.7 Å². The van der Waals surface area contributed by atoms with Crippen LogP contribution in [-0.2, 0) is 16.0 Å². The lowest BCUT2D eigenvalue weighted by Crippen LogP contribution is -2.27. The fraction of sp³-hybridized carbons (Fsp3) is 0.263. The van der Waals surface area contributed by atoms with Gasteiger partial charge in [0.2, 0.25) is 11.8 Å². The largest absolute Gasteiger partial charge is 0.326 e. The maximum Gasteiger partial charge on any atom is 0.269 e. The number of hydrogen-bond donors (Lipinski definition) is 2. The zero-order valence-electron chi connectivity index (χ0n) is 14.9. The van der Waals surface area contributed by atoms with Crippen LogP contribution in [0.2, 0.25) is 0 Å². The number of anilines is 2. The summed E-state index contributed by atoms with van der Waals surface area (Å²) in [4.78, 5) is 34.4. The van der Waals surface area contributed by atoms with E-state index < -0.39 is 10.3 Å². The second-order valence-corrected chi connectivity index (χ2v) is 6.93. The van der Waals surface area contributed by atoms with Gasteiger partial charge in [0.25, 0.3) is 5.69 Å². The number of rotatable bonds is 5. The average molecular weight is 355 g/mol. The Balaban J connectivity index is 1.99. The van der Waals surface area contributed by atoms with E-state index in [1.165, 1.54) is 12.1 Å². The Labute approximate surface area is 151 Å². The molecule has 2 amide bonds. The zero-order chi connectivity index (χ0) is 19.3. The second-order valence-electron chi connectivity index (χ2n) is 6.93. The molecule has 7 nitrogen and oxygen atoms in total. The van der Waals surface area contributed by atoms with E-state index in [1.54, 1.807) is 36.4 Å². The van der Waals surface area contributed by atoms with Crippen molar-refractivity contribution in [2.24, 2.45) is 5.41 Å². The highest BCUT2D eigenvalue weighted by molar-refractivity contribution is 5.96. The van der Waals surface area contributed by atoms with Crippen molar-refractivity contribution in [1.82, 2.24) is 0 Å². The molecule has 0 aliphatic carbocycles. The summed E-state index contributed by atoms with van der Waals surface area (Å²) in [6.45, 7) is 5.45. The van der Waals surface area contributed by atoms with E-state index in [-0.39, 0.29) is 23.9 Å². The lowest BCUT2D eigenvalue weighted by atomic mass is 9.95.